The zero-order valence-electron chi connectivity index (χ0n) is 13.7. The highest BCUT2D eigenvalue weighted by Gasteiger charge is 2.13. The summed E-state index contributed by atoms with van der Waals surface area (Å²) in [5.41, 5.74) is 2.02. The number of nitrogens with zero attached hydrogens (tertiary/aromatic N) is 4. The minimum Gasteiger partial charge on any atom is -0.494 e. The highest BCUT2D eigenvalue weighted by atomic mass is 35.5. The average Bonchev–Trinajstić information content (AvgIpc) is 3.03. The number of ether oxygens (including phenoxy) is 1. The van der Waals surface area contributed by atoms with Gasteiger partial charge in [-0.3, -0.25) is 4.79 Å². The molecule has 0 aliphatic carbocycles. The van der Waals surface area contributed by atoms with Crippen molar-refractivity contribution in [2.45, 2.75) is 13.3 Å². The van der Waals surface area contributed by atoms with Gasteiger partial charge in [0, 0.05) is 10.7 Å². The van der Waals surface area contributed by atoms with Gasteiger partial charge in [0.2, 0.25) is 5.91 Å². The normalized spacial score (nSPS) is 10.5. The van der Waals surface area contributed by atoms with Gasteiger partial charge in [-0.05, 0) is 47.2 Å². The summed E-state index contributed by atoms with van der Waals surface area (Å²) in [7, 11) is 1.56. The number of hydrogen-bond acceptors (Lipinski definition) is 5. The summed E-state index contributed by atoms with van der Waals surface area (Å²) in [4.78, 5) is 12.3. The Balaban J connectivity index is 1.82. The molecule has 0 atom stereocenters. The fourth-order valence-corrected chi connectivity index (χ4v) is 2.61. The second kappa shape index (κ2) is 7.31. The van der Waals surface area contributed by atoms with Crippen LogP contribution >= 0.6 is 11.6 Å². The first kappa shape index (κ1) is 16.9. The molecule has 0 fully saturated rings. The van der Waals surface area contributed by atoms with Crippen molar-refractivity contribution in [3.63, 3.8) is 0 Å². The summed E-state index contributed by atoms with van der Waals surface area (Å²) in [6, 6.07) is 12.5. The van der Waals surface area contributed by atoms with Gasteiger partial charge in [-0.15, -0.1) is 5.10 Å². The molecule has 0 unspecified atom stereocenters. The lowest BCUT2D eigenvalue weighted by Gasteiger charge is -2.12. The van der Waals surface area contributed by atoms with E-state index in [1.54, 1.807) is 43.0 Å². The van der Waals surface area contributed by atoms with Crippen LogP contribution in [0.1, 0.15) is 11.4 Å². The fourth-order valence-electron chi connectivity index (χ4n) is 2.41. The molecule has 7 nitrogen and oxygen atoms in total. The van der Waals surface area contributed by atoms with Crippen molar-refractivity contribution >= 4 is 23.2 Å². The number of tetrazole rings is 1. The van der Waals surface area contributed by atoms with Crippen molar-refractivity contribution in [2.75, 3.05) is 12.4 Å². The van der Waals surface area contributed by atoms with Gasteiger partial charge in [0.05, 0.1) is 13.5 Å². The molecule has 0 radical (unpaired) electrons. The highest BCUT2D eigenvalue weighted by Crippen LogP contribution is 2.26. The summed E-state index contributed by atoms with van der Waals surface area (Å²) >= 11 is 6.10. The zero-order chi connectivity index (χ0) is 17.8. The molecule has 0 saturated carbocycles. The topological polar surface area (TPSA) is 81.9 Å². The van der Waals surface area contributed by atoms with Gasteiger partial charge in [-0.2, -0.15) is 4.68 Å². The molecule has 0 saturated heterocycles. The minimum atomic E-state index is -0.169. The Hall–Kier alpha value is -2.93. The van der Waals surface area contributed by atoms with Crippen LogP contribution in [0, 0.1) is 6.92 Å². The van der Waals surface area contributed by atoms with E-state index < -0.39 is 0 Å². The molecule has 3 aromatic rings. The van der Waals surface area contributed by atoms with E-state index in [4.69, 9.17) is 16.3 Å². The number of anilines is 1. The number of nitrogens with one attached hydrogen (secondary N) is 1. The number of rotatable bonds is 5. The molecule has 0 aliphatic rings. The Morgan fingerprint density at radius 1 is 1.28 bits per heavy atom. The van der Waals surface area contributed by atoms with Crippen molar-refractivity contribution < 1.29 is 9.53 Å². The molecule has 0 spiro atoms. The molecule has 0 bridgehead atoms. The maximum Gasteiger partial charge on any atom is 0.228 e. The molecular formula is C17H16ClN5O2. The highest BCUT2D eigenvalue weighted by molar-refractivity contribution is 6.31. The third-order valence-corrected chi connectivity index (χ3v) is 3.99. The molecule has 0 aliphatic heterocycles. The predicted octanol–water partition coefficient (Wildman–Crippen LogP) is 2.81. The number of hydrogen-bond donors (Lipinski definition) is 1. The summed E-state index contributed by atoms with van der Waals surface area (Å²) in [5, 5.41) is 14.9. The summed E-state index contributed by atoms with van der Waals surface area (Å²) in [6.45, 7) is 1.78. The van der Waals surface area contributed by atoms with E-state index in [-0.39, 0.29) is 12.3 Å². The monoisotopic (exact) mass is 357 g/mol. The standard InChI is InChI=1S/C17H16ClN5O2/c1-11-20-21-22-23(11)15-10-13(7-8-16(15)25-2)19-17(24)9-12-5-3-4-6-14(12)18/h3-8,10H,9H2,1-2H3,(H,19,24). The van der Waals surface area contributed by atoms with Gasteiger partial charge in [0.25, 0.3) is 0 Å². The van der Waals surface area contributed by atoms with Crippen LogP contribution in [0.5, 0.6) is 5.75 Å². The van der Waals surface area contributed by atoms with E-state index in [1.807, 2.05) is 18.2 Å². The van der Waals surface area contributed by atoms with Gasteiger partial charge in [0.1, 0.15) is 11.4 Å². The largest absolute Gasteiger partial charge is 0.494 e. The summed E-state index contributed by atoms with van der Waals surface area (Å²) < 4.78 is 6.89. The van der Waals surface area contributed by atoms with E-state index >= 15 is 0 Å². The molecule has 25 heavy (non-hydrogen) atoms. The number of carbonyl (C=O) groups is 1. The minimum absolute atomic E-state index is 0.169. The molecule has 2 aromatic carbocycles. The Labute approximate surface area is 149 Å². The van der Waals surface area contributed by atoms with Crippen LogP contribution in [0.4, 0.5) is 5.69 Å². The Morgan fingerprint density at radius 2 is 2.08 bits per heavy atom. The van der Waals surface area contributed by atoms with Crippen molar-refractivity contribution in [2.24, 2.45) is 0 Å². The third-order valence-electron chi connectivity index (χ3n) is 3.63. The van der Waals surface area contributed by atoms with Crippen molar-refractivity contribution in [1.29, 1.82) is 0 Å². The second-order valence-corrected chi connectivity index (χ2v) is 5.75. The van der Waals surface area contributed by atoms with Gasteiger partial charge in [-0.25, -0.2) is 0 Å². The van der Waals surface area contributed by atoms with E-state index in [1.165, 1.54) is 0 Å². The maximum absolute atomic E-state index is 12.3. The first-order valence-corrected chi connectivity index (χ1v) is 7.93. The zero-order valence-corrected chi connectivity index (χ0v) is 14.5. The Kier molecular flexibility index (Phi) is 4.95. The molecular weight excluding hydrogens is 342 g/mol. The van der Waals surface area contributed by atoms with Crippen molar-refractivity contribution in [1.82, 2.24) is 20.2 Å². The lowest BCUT2D eigenvalue weighted by molar-refractivity contribution is -0.115. The van der Waals surface area contributed by atoms with Crippen LogP contribution in [0.25, 0.3) is 5.69 Å². The second-order valence-electron chi connectivity index (χ2n) is 5.34. The maximum atomic E-state index is 12.3. The number of aromatic nitrogens is 4. The van der Waals surface area contributed by atoms with Crippen LogP contribution in [0.3, 0.4) is 0 Å². The molecule has 1 heterocycles. The van der Waals surface area contributed by atoms with Crippen LogP contribution in [0.15, 0.2) is 42.5 Å². The van der Waals surface area contributed by atoms with Crippen LogP contribution in [-0.4, -0.2) is 33.2 Å². The first-order chi connectivity index (χ1) is 12.1. The average molecular weight is 358 g/mol. The predicted molar refractivity (Wildman–Crippen MR) is 94.2 cm³/mol. The molecule has 1 aromatic heterocycles. The molecule has 1 amide bonds. The van der Waals surface area contributed by atoms with E-state index in [2.05, 4.69) is 20.8 Å². The first-order valence-electron chi connectivity index (χ1n) is 7.55. The molecule has 1 N–H and O–H groups in total. The molecule has 128 valence electrons. The number of carbonyl (C=O) groups excluding carboxylic acids is 1. The van der Waals surface area contributed by atoms with Crippen molar-refractivity contribution in [3.8, 4) is 11.4 Å². The van der Waals surface area contributed by atoms with Gasteiger partial charge in [0.15, 0.2) is 5.82 Å². The van der Waals surface area contributed by atoms with E-state index in [9.17, 15) is 4.79 Å². The van der Waals surface area contributed by atoms with Gasteiger partial charge in [-0.1, -0.05) is 29.8 Å². The van der Waals surface area contributed by atoms with Gasteiger partial charge >= 0.3 is 0 Å². The lowest BCUT2D eigenvalue weighted by atomic mass is 10.1. The Morgan fingerprint density at radius 3 is 2.76 bits per heavy atom. The SMILES string of the molecule is COc1ccc(NC(=O)Cc2ccccc2Cl)cc1-n1nnnc1C. The molecule has 8 heteroatoms. The van der Waals surface area contributed by atoms with Crippen LogP contribution < -0.4 is 10.1 Å². The fraction of sp³-hybridized carbons (Fsp3) is 0.176. The van der Waals surface area contributed by atoms with E-state index in [0.717, 1.165) is 5.56 Å². The van der Waals surface area contributed by atoms with Crippen LogP contribution in [0.2, 0.25) is 5.02 Å². The third kappa shape index (κ3) is 3.77. The molecule has 3 rings (SSSR count). The smallest absolute Gasteiger partial charge is 0.228 e. The van der Waals surface area contributed by atoms with Crippen LogP contribution in [-0.2, 0) is 11.2 Å². The number of benzene rings is 2. The number of methoxy groups -OCH3 is 1. The summed E-state index contributed by atoms with van der Waals surface area (Å²) in [6.07, 6.45) is 0.185. The quantitative estimate of drug-likeness (QED) is 0.759. The summed E-state index contributed by atoms with van der Waals surface area (Å²) in [5.74, 6) is 1.04. The van der Waals surface area contributed by atoms with Gasteiger partial charge < -0.3 is 10.1 Å². The van der Waals surface area contributed by atoms with Crippen molar-refractivity contribution in [3.05, 3.63) is 58.9 Å². The number of aryl methyl sites for hydroxylation is 1. The number of halogens is 1. The van der Waals surface area contributed by atoms with E-state index in [0.29, 0.717) is 28.0 Å². The number of amides is 1. The Bertz CT molecular complexity index is 910. The lowest BCUT2D eigenvalue weighted by Crippen LogP contribution is -2.15.